The Morgan fingerprint density at radius 1 is 1.29 bits per heavy atom. The van der Waals surface area contributed by atoms with Crippen molar-refractivity contribution >= 4 is 44.4 Å². The maximum atomic E-state index is 11.4. The molecule has 3 aromatic rings. The summed E-state index contributed by atoms with van der Waals surface area (Å²) in [6, 6.07) is 8.16. The topological polar surface area (TPSA) is 63.3 Å². The van der Waals surface area contributed by atoms with E-state index in [0.29, 0.717) is 5.69 Å². The molecule has 3 rings (SSSR count). The number of nitrogens with two attached hydrogens (primary N) is 1. The summed E-state index contributed by atoms with van der Waals surface area (Å²) < 4.78 is 1.20. The van der Waals surface area contributed by atoms with Crippen LogP contribution in [0.5, 0.6) is 0 Å². The Labute approximate surface area is 130 Å². The van der Waals surface area contributed by atoms with Crippen molar-refractivity contribution in [3.05, 3.63) is 40.1 Å². The van der Waals surface area contributed by atoms with Crippen LogP contribution in [-0.2, 0) is 0 Å². The molecule has 2 aromatic heterocycles. The minimum atomic E-state index is -0.954. The van der Waals surface area contributed by atoms with Gasteiger partial charge in [0.1, 0.15) is 4.88 Å². The van der Waals surface area contributed by atoms with Gasteiger partial charge in [0.15, 0.2) is 0 Å². The van der Waals surface area contributed by atoms with Crippen LogP contribution >= 0.6 is 22.7 Å². The minimum Gasteiger partial charge on any atom is -0.477 e. The molecule has 0 saturated heterocycles. The number of hydrogen-bond acceptors (Lipinski definition) is 4. The normalized spacial score (nSPS) is 11.4. The van der Waals surface area contributed by atoms with Gasteiger partial charge in [-0.15, -0.1) is 22.7 Å². The summed E-state index contributed by atoms with van der Waals surface area (Å²) in [4.78, 5) is 12.6. The third kappa shape index (κ3) is 2.22. The number of benzene rings is 1. The van der Waals surface area contributed by atoms with Crippen LogP contribution in [0.15, 0.2) is 29.6 Å². The largest absolute Gasteiger partial charge is 0.477 e. The lowest BCUT2D eigenvalue weighted by Crippen LogP contribution is -2.00. The average Bonchev–Trinajstić information content (AvgIpc) is 2.99. The Kier molecular flexibility index (Phi) is 3.47. The molecule has 2 heterocycles. The third-order valence-corrected chi connectivity index (χ3v) is 5.69. The molecule has 0 saturated carbocycles. The van der Waals surface area contributed by atoms with E-state index in [1.54, 1.807) is 11.3 Å². The SMILES string of the molecule is CC(C)c1c(-c2csc3ccccc23)sc(C(=O)O)c1N. The molecular weight excluding hydrogens is 302 g/mol. The van der Waals surface area contributed by atoms with Gasteiger partial charge in [-0.2, -0.15) is 0 Å². The zero-order valence-corrected chi connectivity index (χ0v) is 13.3. The Bertz CT molecular complexity index is 830. The van der Waals surface area contributed by atoms with E-state index in [0.717, 1.165) is 21.4 Å². The van der Waals surface area contributed by atoms with Gasteiger partial charge in [0.05, 0.1) is 5.69 Å². The lowest BCUT2D eigenvalue weighted by atomic mass is 9.98. The van der Waals surface area contributed by atoms with E-state index in [-0.39, 0.29) is 10.8 Å². The first-order chi connectivity index (χ1) is 10.0. The van der Waals surface area contributed by atoms with E-state index in [9.17, 15) is 9.90 Å². The van der Waals surface area contributed by atoms with Crippen LogP contribution < -0.4 is 5.73 Å². The van der Waals surface area contributed by atoms with Crippen LogP contribution in [0.2, 0.25) is 0 Å². The lowest BCUT2D eigenvalue weighted by molar-refractivity contribution is 0.0703. The molecule has 0 bridgehead atoms. The van der Waals surface area contributed by atoms with Crippen molar-refractivity contribution in [1.82, 2.24) is 0 Å². The molecular formula is C16H15NO2S2. The quantitative estimate of drug-likeness (QED) is 0.712. The molecule has 21 heavy (non-hydrogen) atoms. The van der Waals surface area contributed by atoms with Crippen LogP contribution in [-0.4, -0.2) is 11.1 Å². The number of rotatable bonds is 3. The van der Waals surface area contributed by atoms with Crippen molar-refractivity contribution in [3.63, 3.8) is 0 Å². The summed E-state index contributed by atoms with van der Waals surface area (Å²) in [5.74, 6) is -0.770. The number of nitrogen functional groups attached to an aromatic ring is 1. The second-order valence-electron chi connectivity index (χ2n) is 5.19. The molecule has 1 aromatic carbocycles. The van der Waals surface area contributed by atoms with E-state index < -0.39 is 5.97 Å². The number of hydrogen-bond donors (Lipinski definition) is 2. The molecule has 3 N–H and O–H groups in total. The summed E-state index contributed by atoms with van der Waals surface area (Å²) in [6.45, 7) is 4.09. The third-order valence-electron chi connectivity index (χ3n) is 3.48. The first-order valence-electron chi connectivity index (χ1n) is 6.62. The van der Waals surface area contributed by atoms with Crippen molar-refractivity contribution in [2.75, 3.05) is 5.73 Å². The zero-order chi connectivity index (χ0) is 15.1. The van der Waals surface area contributed by atoms with E-state index in [4.69, 9.17) is 5.73 Å². The predicted molar refractivity (Wildman–Crippen MR) is 90.6 cm³/mol. The highest BCUT2D eigenvalue weighted by Crippen LogP contribution is 2.46. The molecule has 0 atom stereocenters. The molecule has 0 unspecified atom stereocenters. The Balaban J connectivity index is 2.31. The Morgan fingerprint density at radius 3 is 2.67 bits per heavy atom. The monoisotopic (exact) mass is 317 g/mol. The number of carboxylic acids is 1. The molecule has 5 heteroatoms. The maximum absolute atomic E-state index is 11.4. The van der Waals surface area contributed by atoms with Gasteiger partial charge < -0.3 is 10.8 Å². The maximum Gasteiger partial charge on any atom is 0.348 e. The molecule has 108 valence electrons. The van der Waals surface area contributed by atoms with Crippen molar-refractivity contribution in [3.8, 4) is 10.4 Å². The van der Waals surface area contributed by atoms with Gasteiger partial charge in [-0.1, -0.05) is 32.0 Å². The van der Waals surface area contributed by atoms with Crippen LogP contribution in [0.3, 0.4) is 0 Å². The number of thiophene rings is 2. The standard InChI is InChI=1S/C16H15NO2S2/c1-8(2)12-13(17)15(16(18)19)21-14(12)10-7-20-11-6-4-3-5-9(10)11/h3-8H,17H2,1-2H3,(H,18,19). The van der Waals surface area contributed by atoms with E-state index in [1.807, 2.05) is 26.0 Å². The molecule has 0 aliphatic carbocycles. The Morgan fingerprint density at radius 2 is 2.00 bits per heavy atom. The number of aromatic carboxylic acids is 1. The highest BCUT2D eigenvalue weighted by molar-refractivity contribution is 7.20. The summed E-state index contributed by atoms with van der Waals surface area (Å²) >= 11 is 2.95. The van der Waals surface area contributed by atoms with Crippen LogP contribution in [0.4, 0.5) is 5.69 Å². The number of anilines is 1. The van der Waals surface area contributed by atoms with Gasteiger partial charge in [0, 0.05) is 25.9 Å². The van der Waals surface area contributed by atoms with Gasteiger partial charge in [-0.05, 0) is 17.5 Å². The van der Waals surface area contributed by atoms with Crippen molar-refractivity contribution in [2.24, 2.45) is 0 Å². The average molecular weight is 317 g/mol. The fraction of sp³-hybridized carbons (Fsp3) is 0.188. The molecule has 0 aliphatic heterocycles. The predicted octanol–water partition coefficient (Wildman–Crippen LogP) is 5.03. The highest BCUT2D eigenvalue weighted by atomic mass is 32.1. The fourth-order valence-electron chi connectivity index (χ4n) is 2.54. The summed E-state index contributed by atoms with van der Waals surface area (Å²) in [7, 11) is 0. The highest BCUT2D eigenvalue weighted by Gasteiger charge is 2.24. The Hall–Kier alpha value is -1.85. The smallest absolute Gasteiger partial charge is 0.348 e. The second kappa shape index (κ2) is 5.16. The van der Waals surface area contributed by atoms with Crippen molar-refractivity contribution in [1.29, 1.82) is 0 Å². The fourth-order valence-corrected chi connectivity index (χ4v) is 4.81. The van der Waals surface area contributed by atoms with Gasteiger partial charge in [-0.3, -0.25) is 0 Å². The van der Waals surface area contributed by atoms with E-state index in [1.165, 1.54) is 16.0 Å². The lowest BCUT2D eigenvalue weighted by Gasteiger charge is -2.08. The first-order valence-corrected chi connectivity index (χ1v) is 8.32. The van der Waals surface area contributed by atoms with E-state index >= 15 is 0 Å². The first kappa shape index (κ1) is 14.1. The number of fused-ring (bicyclic) bond motifs is 1. The van der Waals surface area contributed by atoms with Crippen molar-refractivity contribution < 1.29 is 9.90 Å². The number of carboxylic acid groups (broad SMARTS) is 1. The summed E-state index contributed by atoms with van der Waals surface area (Å²) in [5.41, 5.74) is 8.53. The van der Waals surface area contributed by atoms with Gasteiger partial charge >= 0.3 is 5.97 Å². The molecule has 0 radical (unpaired) electrons. The van der Waals surface area contributed by atoms with Crippen molar-refractivity contribution in [2.45, 2.75) is 19.8 Å². The summed E-state index contributed by atoms with van der Waals surface area (Å²) in [6.07, 6.45) is 0. The van der Waals surface area contributed by atoms with Gasteiger partial charge in [-0.25, -0.2) is 4.79 Å². The second-order valence-corrected chi connectivity index (χ2v) is 7.12. The molecule has 0 aliphatic rings. The molecule has 0 amide bonds. The minimum absolute atomic E-state index is 0.183. The van der Waals surface area contributed by atoms with Crippen LogP contribution in [0.25, 0.3) is 20.5 Å². The molecule has 0 fully saturated rings. The molecule has 3 nitrogen and oxygen atoms in total. The molecule has 0 spiro atoms. The number of carbonyl (C=O) groups is 1. The zero-order valence-electron chi connectivity index (χ0n) is 11.7. The van der Waals surface area contributed by atoms with Gasteiger partial charge in [0.2, 0.25) is 0 Å². The van der Waals surface area contributed by atoms with E-state index in [2.05, 4.69) is 17.5 Å². The van der Waals surface area contributed by atoms with Crippen LogP contribution in [0.1, 0.15) is 35.0 Å². The van der Waals surface area contributed by atoms with Crippen LogP contribution in [0, 0.1) is 0 Å². The summed E-state index contributed by atoms with van der Waals surface area (Å²) in [5, 5.41) is 12.6. The van der Waals surface area contributed by atoms with Gasteiger partial charge in [0.25, 0.3) is 0 Å².